The van der Waals surface area contributed by atoms with Crippen molar-refractivity contribution in [2.45, 2.75) is 46.5 Å². The first-order valence-electron chi connectivity index (χ1n) is 5.32. The Morgan fingerprint density at radius 2 is 1.47 bits per heavy atom. The molecule has 0 radical (unpaired) electrons. The van der Waals surface area contributed by atoms with Crippen LogP contribution in [-0.2, 0) is 9.59 Å². The molecular weight excluding hydrogens is 274 g/mol. The molecule has 0 heterocycles. The SMILES string of the molecule is CCCCCC(C(=O)[O-])(C(=O)[O-])C(C)C.[K+].[K+]. The molecule has 17 heavy (non-hydrogen) atoms. The van der Waals surface area contributed by atoms with E-state index in [1.54, 1.807) is 13.8 Å². The second-order valence-electron chi connectivity index (χ2n) is 4.16. The van der Waals surface area contributed by atoms with Gasteiger partial charge in [-0.15, -0.1) is 0 Å². The Balaban J connectivity index is -0.000000980. The molecule has 88 valence electrons. The second-order valence-corrected chi connectivity index (χ2v) is 4.16. The quantitative estimate of drug-likeness (QED) is 0.266. The largest absolute Gasteiger partial charge is 1.00 e. The summed E-state index contributed by atoms with van der Waals surface area (Å²) >= 11 is 0. The Labute approximate surface area is 188 Å². The third-order valence-corrected chi connectivity index (χ3v) is 2.89. The summed E-state index contributed by atoms with van der Waals surface area (Å²) in [6.45, 7) is 5.10. The molecule has 0 atom stereocenters. The van der Waals surface area contributed by atoms with Crippen molar-refractivity contribution in [1.82, 2.24) is 0 Å². The summed E-state index contributed by atoms with van der Waals surface area (Å²) in [4.78, 5) is 21.9. The normalized spacial score (nSPS) is 10.4. The minimum Gasteiger partial charge on any atom is -0.549 e. The molecule has 6 heteroatoms. The topological polar surface area (TPSA) is 80.3 Å². The Morgan fingerprint density at radius 1 is 1.06 bits per heavy atom. The number of unbranched alkanes of at least 4 members (excludes halogenated alkanes) is 2. The summed E-state index contributed by atoms with van der Waals surface area (Å²) in [6.07, 6.45) is 2.38. The minimum absolute atomic E-state index is 0. The fraction of sp³-hybridized carbons (Fsp3) is 0.818. The van der Waals surface area contributed by atoms with E-state index in [0.29, 0.717) is 6.42 Å². The van der Waals surface area contributed by atoms with Gasteiger partial charge in [-0.3, -0.25) is 0 Å². The van der Waals surface area contributed by atoms with E-state index in [1.807, 2.05) is 6.92 Å². The van der Waals surface area contributed by atoms with Crippen molar-refractivity contribution < 1.29 is 123 Å². The van der Waals surface area contributed by atoms with Crippen molar-refractivity contribution in [2.24, 2.45) is 11.3 Å². The van der Waals surface area contributed by atoms with Crippen LogP contribution in [0.15, 0.2) is 0 Å². The van der Waals surface area contributed by atoms with Crippen LogP contribution in [0.1, 0.15) is 46.5 Å². The molecule has 0 aromatic heterocycles. The molecule has 0 aliphatic rings. The van der Waals surface area contributed by atoms with Crippen LogP contribution in [-0.4, -0.2) is 11.9 Å². The summed E-state index contributed by atoms with van der Waals surface area (Å²) in [5.74, 6) is -3.59. The van der Waals surface area contributed by atoms with Gasteiger partial charge in [-0.2, -0.15) is 0 Å². The molecule has 0 rings (SSSR count). The van der Waals surface area contributed by atoms with Crippen molar-refractivity contribution in [1.29, 1.82) is 0 Å². The van der Waals surface area contributed by atoms with Gasteiger partial charge in [0.05, 0.1) is 17.4 Å². The summed E-state index contributed by atoms with van der Waals surface area (Å²) < 4.78 is 0. The number of carbonyl (C=O) groups is 2. The maximum Gasteiger partial charge on any atom is 1.00 e. The van der Waals surface area contributed by atoms with Crippen LogP contribution in [0.5, 0.6) is 0 Å². The van der Waals surface area contributed by atoms with Crippen molar-refractivity contribution in [3.63, 3.8) is 0 Å². The maximum absolute atomic E-state index is 11.0. The fourth-order valence-electron chi connectivity index (χ4n) is 1.70. The monoisotopic (exact) mass is 292 g/mol. The molecule has 0 aliphatic heterocycles. The molecule has 0 unspecified atom stereocenters. The molecule has 0 spiro atoms. The minimum atomic E-state index is -1.84. The first kappa shape index (κ1) is 24.2. The van der Waals surface area contributed by atoms with Crippen LogP contribution in [0.4, 0.5) is 0 Å². The molecule has 0 saturated heterocycles. The smallest absolute Gasteiger partial charge is 0.549 e. The van der Waals surface area contributed by atoms with E-state index in [0.717, 1.165) is 12.8 Å². The Kier molecular flexibility index (Phi) is 17.1. The van der Waals surface area contributed by atoms with Gasteiger partial charge in [0, 0.05) is 0 Å². The van der Waals surface area contributed by atoms with E-state index in [1.165, 1.54) is 0 Å². The van der Waals surface area contributed by atoms with Crippen molar-refractivity contribution in [3.05, 3.63) is 0 Å². The first-order chi connectivity index (χ1) is 6.89. The average Bonchev–Trinajstić information content (AvgIpc) is 2.10. The maximum atomic E-state index is 11.0. The van der Waals surface area contributed by atoms with E-state index in [2.05, 4.69) is 0 Å². The Hall–Kier alpha value is 2.21. The van der Waals surface area contributed by atoms with Crippen molar-refractivity contribution in [3.8, 4) is 0 Å². The third kappa shape index (κ3) is 6.97. The number of hydrogen-bond donors (Lipinski definition) is 0. The number of hydrogen-bond acceptors (Lipinski definition) is 4. The molecule has 0 saturated carbocycles. The number of carboxylic acid groups (broad SMARTS) is 2. The predicted molar refractivity (Wildman–Crippen MR) is 51.4 cm³/mol. The summed E-state index contributed by atoms with van der Waals surface area (Å²) in [7, 11) is 0. The average molecular weight is 292 g/mol. The number of aliphatic carboxylic acids is 2. The van der Waals surface area contributed by atoms with Gasteiger partial charge in [0.15, 0.2) is 0 Å². The van der Waals surface area contributed by atoms with Crippen LogP contribution >= 0.6 is 0 Å². The summed E-state index contributed by atoms with van der Waals surface area (Å²) in [5.41, 5.74) is -1.84. The van der Waals surface area contributed by atoms with E-state index in [9.17, 15) is 19.8 Å². The molecule has 0 amide bonds. The molecule has 0 bridgehead atoms. The van der Waals surface area contributed by atoms with Gasteiger partial charge in [-0.1, -0.05) is 40.0 Å². The second kappa shape index (κ2) is 12.0. The standard InChI is InChI=1S/C11H20O4.2K/c1-4-5-6-7-11(8(2)3,9(12)13)10(14)15;;/h8H,4-7H2,1-3H3,(H,12,13)(H,14,15);;/q;2*+1/p-2. The first-order valence-corrected chi connectivity index (χ1v) is 5.32. The van der Waals surface area contributed by atoms with Gasteiger partial charge in [-0.25, -0.2) is 0 Å². The zero-order valence-corrected chi connectivity index (χ0v) is 17.8. The van der Waals surface area contributed by atoms with Gasteiger partial charge in [0.2, 0.25) is 0 Å². The van der Waals surface area contributed by atoms with Gasteiger partial charge >= 0.3 is 103 Å². The van der Waals surface area contributed by atoms with Crippen molar-refractivity contribution >= 4 is 11.9 Å². The summed E-state index contributed by atoms with van der Waals surface area (Å²) in [5, 5.41) is 21.9. The number of carbonyl (C=O) groups excluding carboxylic acids is 2. The number of rotatable bonds is 7. The van der Waals surface area contributed by atoms with Crippen molar-refractivity contribution in [2.75, 3.05) is 0 Å². The number of carboxylic acids is 2. The van der Waals surface area contributed by atoms with Crippen LogP contribution in [0, 0.1) is 11.3 Å². The van der Waals surface area contributed by atoms with E-state index < -0.39 is 23.3 Å². The van der Waals surface area contributed by atoms with Crippen LogP contribution < -0.4 is 113 Å². The molecule has 0 aliphatic carbocycles. The van der Waals surface area contributed by atoms with Crippen LogP contribution in [0.3, 0.4) is 0 Å². The van der Waals surface area contributed by atoms with Gasteiger partial charge in [0.25, 0.3) is 0 Å². The van der Waals surface area contributed by atoms with E-state index in [-0.39, 0.29) is 109 Å². The zero-order valence-electron chi connectivity index (χ0n) is 11.5. The third-order valence-electron chi connectivity index (χ3n) is 2.89. The van der Waals surface area contributed by atoms with Crippen LogP contribution in [0.2, 0.25) is 0 Å². The molecule has 0 aromatic rings. The molecule has 0 fully saturated rings. The van der Waals surface area contributed by atoms with E-state index in [4.69, 9.17) is 0 Å². The Bertz CT molecular complexity index is 228. The van der Waals surface area contributed by atoms with Gasteiger partial charge in [0.1, 0.15) is 0 Å². The van der Waals surface area contributed by atoms with E-state index >= 15 is 0 Å². The Morgan fingerprint density at radius 3 is 1.71 bits per heavy atom. The van der Waals surface area contributed by atoms with Gasteiger partial charge in [-0.05, 0) is 12.3 Å². The molecular formula is C11H18K2O4. The predicted octanol–water partition coefficient (Wildman–Crippen LogP) is -6.28. The van der Waals surface area contributed by atoms with Crippen LogP contribution in [0.25, 0.3) is 0 Å². The molecule has 0 N–H and O–H groups in total. The molecule has 0 aromatic carbocycles. The fourth-order valence-corrected chi connectivity index (χ4v) is 1.70. The molecule has 4 nitrogen and oxygen atoms in total. The summed E-state index contributed by atoms with van der Waals surface area (Å²) in [6, 6.07) is 0. The van der Waals surface area contributed by atoms with Gasteiger partial charge < -0.3 is 19.8 Å². The zero-order chi connectivity index (χ0) is 12.1.